The van der Waals surface area contributed by atoms with Crippen LogP contribution < -0.4 is 10.6 Å². The Kier molecular flexibility index (Phi) is 3.53. The van der Waals surface area contributed by atoms with Gasteiger partial charge < -0.3 is 5.32 Å². The molecule has 2 amide bonds. The standard InChI is InChI=1S/C12H13ClN4O/c1-7-3-4-9(6-10(7)13)14-12(18)15-11-5-8(2)16-17-11/h3-6H,1-2H3,(H3,14,15,16,17,18). The van der Waals surface area contributed by atoms with E-state index in [1.807, 2.05) is 19.9 Å². The number of nitrogens with zero attached hydrogens (tertiary/aromatic N) is 1. The minimum atomic E-state index is -0.360. The van der Waals surface area contributed by atoms with Crippen LogP contribution >= 0.6 is 11.6 Å². The highest BCUT2D eigenvalue weighted by atomic mass is 35.5. The van der Waals surface area contributed by atoms with Gasteiger partial charge in [-0.15, -0.1) is 0 Å². The fraction of sp³-hybridized carbons (Fsp3) is 0.167. The highest BCUT2D eigenvalue weighted by Gasteiger charge is 2.05. The van der Waals surface area contributed by atoms with Crippen LogP contribution in [0.5, 0.6) is 0 Å². The highest BCUT2D eigenvalue weighted by molar-refractivity contribution is 6.31. The number of nitrogens with one attached hydrogen (secondary N) is 3. The first-order valence-corrected chi connectivity index (χ1v) is 5.78. The molecule has 2 aromatic rings. The van der Waals surface area contributed by atoms with Crippen LogP contribution in [0.25, 0.3) is 0 Å². The van der Waals surface area contributed by atoms with Crippen molar-refractivity contribution in [2.75, 3.05) is 10.6 Å². The maximum Gasteiger partial charge on any atom is 0.324 e. The average molecular weight is 265 g/mol. The van der Waals surface area contributed by atoms with Crippen LogP contribution in [-0.4, -0.2) is 16.2 Å². The van der Waals surface area contributed by atoms with Crippen LogP contribution in [0.1, 0.15) is 11.3 Å². The van der Waals surface area contributed by atoms with Gasteiger partial charge in [-0.1, -0.05) is 17.7 Å². The summed E-state index contributed by atoms with van der Waals surface area (Å²) in [5.74, 6) is 0.475. The normalized spacial score (nSPS) is 10.2. The lowest BCUT2D eigenvalue weighted by atomic mass is 10.2. The van der Waals surface area contributed by atoms with Crippen LogP contribution in [0.2, 0.25) is 5.02 Å². The third kappa shape index (κ3) is 3.01. The Labute approximate surface area is 110 Å². The van der Waals surface area contributed by atoms with E-state index >= 15 is 0 Å². The molecule has 0 spiro atoms. The lowest BCUT2D eigenvalue weighted by Crippen LogP contribution is -2.19. The second-order valence-corrected chi connectivity index (χ2v) is 4.39. The summed E-state index contributed by atoms with van der Waals surface area (Å²) in [7, 11) is 0. The van der Waals surface area contributed by atoms with Gasteiger partial charge in [-0.2, -0.15) is 5.10 Å². The van der Waals surface area contributed by atoms with Gasteiger partial charge in [0, 0.05) is 22.5 Å². The van der Waals surface area contributed by atoms with Crippen molar-refractivity contribution in [1.82, 2.24) is 10.2 Å². The van der Waals surface area contributed by atoms with Crippen molar-refractivity contribution in [3.05, 3.63) is 40.5 Å². The first kappa shape index (κ1) is 12.4. The summed E-state index contributed by atoms with van der Waals surface area (Å²) in [5, 5.41) is 12.6. The second-order valence-electron chi connectivity index (χ2n) is 3.98. The fourth-order valence-corrected chi connectivity index (χ4v) is 1.61. The Bertz CT molecular complexity index is 579. The number of anilines is 2. The van der Waals surface area contributed by atoms with Gasteiger partial charge in [-0.25, -0.2) is 4.79 Å². The van der Waals surface area contributed by atoms with Crippen molar-refractivity contribution in [3.8, 4) is 0 Å². The minimum Gasteiger partial charge on any atom is -0.308 e. The largest absolute Gasteiger partial charge is 0.324 e. The number of rotatable bonds is 2. The van der Waals surface area contributed by atoms with E-state index in [4.69, 9.17) is 11.6 Å². The Hall–Kier alpha value is -2.01. The molecule has 0 unspecified atom stereocenters. The van der Waals surface area contributed by atoms with Gasteiger partial charge in [-0.05, 0) is 31.5 Å². The first-order chi connectivity index (χ1) is 8.54. The number of urea groups is 1. The maximum atomic E-state index is 11.7. The van der Waals surface area contributed by atoms with E-state index in [0.717, 1.165) is 11.3 Å². The smallest absolute Gasteiger partial charge is 0.308 e. The summed E-state index contributed by atoms with van der Waals surface area (Å²) < 4.78 is 0. The van der Waals surface area contributed by atoms with Crippen molar-refractivity contribution in [1.29, 1.82) is 0 Å². The van der Waals surface area contributed by atoms with Gasteiger partial charge in [0.25, 0.3) is 0 Å². The number of hydrogen-bond acceptors (Lipinski definition) is 2. The number of benzene rings is 1. The van der Waals surface area contributed by atoms with Crippen molar-refractivity contribution in [2.24, 2.45) is 0 Å². The summed E-state index contributed by atoms with van der Waals surface area (Å²) in [6.07, 6.45) is 0. The molecule has 6 heteroatoms. The number of hydrogen-bond donors (Lipinski definition) is 3. The van der Waals surface area contributed by atoms with Crippen LogP contribution in [0.4, 0.5) is 16.3 Å². The molecule has 2 rings (SSSR count). The SMILES string of the molecule is Cc1cc(NC(=O)Nc2ccc(C)c(Cl)c2)n[nH]1. The van der Waals surface area contributed by atoms with Crippen LogP contribution in [-0.2, 0) is 0 Å². The summed E-state index contributed by atoms with van der Waals surface area (Å²) in [6.45, 7) is 3.76. The Morgan fingerprint density at radius 1 is 1.28 bits per heavy atom. The summed E-state index contributed by atoms with van der Waals surface area (Å²) >= 11 is 5.97. The number of carbonyl (C=O) groups is 1. The van der Waals surface area contributed by atoms with E-state index in [2.05, 4.69) is 20.8 Å². The first-order valence-electron chi connectivity index (χ1n) is 5.41. The third-order valence-corrected chi connectivity index (χ3v) is 2.78. The predicted octanol–water partition coefficient (Wildman–Crippen LogP) is 3.32. The third-order valence-electron chi connectivity index (χ3n) is 2.38. The highest BCUT2D eigenvalue weighted by Crippen LogP contribution is 2.20. The Balaban J connectivity index is 2.00. The zero-order valence-corrected chi connectivity index (χ0v) is 10.8. The maximum absolute atomic E-state index is 11.7. The van der Waals surface area contributed by atoms with E-state index in [1.54, 1.807) is 18.2 Å². The number of aromatic nitrogens is 2. The zero-order valence-electron chi connectivity index (χ0n) is 10.0. The Morgan fingerprint density at radius 3 is 2.67 bits per heavy atom. The van der Waals surface area contributed by atoms with Crippen molar-refractivity contribution < 1.29 is 4.79 Å². The molecular formula is C12H13ClN4O. The molecule has 1 aromatic heterocycles. The summed E-state index contributed by atoms with van der Waals surface area (Å²) in [6, 6.07) is 6.71. The fourth-order valence-electron chi connectivity index (χ4n) is 1.43. The molecule has 0 saturated heterocycles. The molecule has 1 aromatic carbocycles. The van der Waals surface area contributed by atoms with E-state index in [-0.39, 0.29) is 6.03 Å². The predicted molar refractivity (Wildman–Crippen MR) is 72.2 cm³/mol. The molecular weight excluding hydrogens is 252 g/mol. The van der Waals surface area contributed by atoms with E-state index in [9.17, 15) is 4.79 Å². The molecule has 0 radical (unpaired) electrons. The van der Waals surface area contributed by atoms with Gasteiger partial charge in [-0.3, -0.25) is 10.4 Å². The van der Waals surface area contributed by atoms with Crippen LogP contribution in [0, 0.1) is 13.8 Å². The quantitative estimate of drug-likeness (QED) is 0.779. The molecule has 0 saturated carbocycles. The van der Waals surface area contributed by atoms with E-state index in [1.165, 1.54) is 0 Å². The topological polar surface area (TPSA) is 69.8 Å². The van der Waals surface area contributed by atoms with Gasteiger partial charge in [0.2, 0.25) is 0 Å². The summed E-state index contributed by atoms with van der Waals surface area (Å²) in [5.41, 5.74) is 2.48. The van der Waals surface area contributed by atoms with Gasteiger partial charge in [0.1, 0.15) is 0 Å². The van der Waals surface area contributed by atoms with Crippen molar-refractivity contribution in [3.63, 3.8) is 0 Å². The zero-order chi connectivity index (χ0) is 13.1. The van der Waals surface area contributed by atoms with Crippen LogP contribution in [0.3, 0.4) is 0 Å². The lowest BCUT2D eigenvalue weighted by molar-refractivity contribution is 0.262. The number of amides is 2. The molecule has 0 aliphatic carbocycles. The van der Waals surface area contributed by atoms with E-state index in [0.29, 0.717) is 16.5 Å². The molecule has 0 aliphatic rings. The minimum absolute atomic E-state index is 0.360. The van der Waals surface area contributed by atoms with Crippen molar-refractivity contribution in [2.45, 2.75) is 13.8 Å². The van der Waals surface area contributed by atoms with Crippen molar-refractivity contribution >= 4 is 29.1 Å². The van der Waals surface area contributed by atoms with Crippen LogP contribution in [0.15, 0.2) is 24.3 Å². The molecule has 0 bridgehead atoms. The molecule has 94 valence electrons. The molecule has 18 heavy (non-hydrogen) atoms. The number of aryl methyl sites for hydroxylation is 2. The molecule has 0 fully saturated rings. The monoisotopic (exact) mass is 264 g/mol. The molecule has 5 nitrogen and oxygen atoms in total. The molecule has 0 atom stereocenters. The molecule has 3 N–H and O–H groups in total. The number of carbonyl (C=O) groups excluding carboxylic acids is 1. The molecule has 1 heterocycles. The van der Waals surface area contributed by atoms with Gasteiger partial charge in [0.15, 0.2) is 5.82 Å². The van der Waals surface area contributed by atoms with Gasteiger partial charge in [0.05, 0.1) is 0 Å². The average Bonchev–Trinajstić information content (AvgIpc) is 2.69. The second kappa shape index (κ2) is 5.10. The Morgan fingerprint density at radius 2 is 2.06 bits per heavy atom. The van der Waals surface area contributed by atoms with E-state index < -0.39 is 0 Å². The number of halogens is 1. The number of aromatic amines is 1. The lowest BCUT2D eigenvalue weighted by Gasteiger charge is -2.06. The molecule has 0 aliphatic heterocycles. The van der Waals surface area contributed by atoms with Gasteiger partial charge >= 0.3 is 6.03 Å². The summed E-state index contributed by atoms with van der Waals surface area (Å²) in [4.78, 5) is 11.7. The number of H-pyrrole nitrogens is 1.